The quantitative estimate of drug-likeness (QED) is 0.759. The molecule has 4 rings (SSSR count). The van der Waals surface area contributed by atoms with Gasteiger partial charge in [0.15, 0.2) is 0 Å². The van der Waals surface area contributed by atoms with Gasteiger partial charge in [0.25, 0.3) is 0 Å². The molecule has 1 amide bonds. The molecule has 0 heterocycles. The van der Waals surface area contributed by atoms with E-state index >= 15 is 0 Å². The summed E-state index contributed by atoms with van der Waals surface area (Å²) in [6, 6.07) is 1.97. The summed E-state index contributed by atoms with van der Waals surface area (Å²) in [4.78, 5) is 11.8. The molecule has 0 atom stereocenters. The lowest BCUT2D eigenvalue weighted by atomic mass is 9.49. The highest BCUT2D eigenvalue weighted by molar-refractivity contribution is 5.77. The average molecular weight is 232 g/mol. The van der Waals surface area contributed by atoms with E-state index in [4.69, 9.17) is 5.26 Å². The molecule has 92 valence electrons. The maximum atomic E-state index is 11.8. The van der Waals surface area contributed by atoms with E-state index in [1.807, 2.05) is 6.07 Å². The lowest BCUT2D eigenvalue weighted by Crippen LogP contribution is -2.48. The normalized spacial score (nSPS) is 42.2. The third kappa shape index (κ3) is 2.06. The molecule has 0 aliphatic heterocycles. The molecule has 4 aliphatic carbocycles. The van der Waals surface area contributed by atoms with Crippen molar-refractivity contribution in [1.29, 1.82) is 5.26 Å². The van der Waals surface area contributed by atoms with Gasteiger partial charge >= 0.3 is 0 Å². The minimum absolute atomic E-state index is 0.0912. The van der Waals surface area contributed by atoms with Crippen LogP contribution in [0.25, 0.3) is 0 Å². The minimum Gasteiger partial charge on any atom is -0.343 e. The summed E-state index contributed by atoms with van der Waals surface area (Å²) < 4.78 is 0. The van der Waals surface area contributed by atoms with Crippen molar-refractivity contribution in [2.45, 2.75) is 44.9 Å². The van der Waals surface area contributed by atoms with Crippen LogP contribution in [0.3, 0.4) is 0 Å². The predicted molar refractivity (Wildman–Crippen MR) is 63.8 cm³/mol. The number of amides is 1. The molecule has 0 saturated heterocycles. The van der Waals surface area contributed by atoms with E-state index in [9.17, 15) is 4.79 Å². The maximum Gasteiger partial charge on any atom is 0.221 e. The van der Waals surface area contributed by atoms with Crippen LogP contribution in [-0.4, -0.2) is 12.5 Å². The number of hydrogen-bond acceptors (Lipinski definition) is 2. The monoisotopic (exact) mass is 232 g/mol. The highest BCUT2D eigenvalue weighted by Crippen LogP contribution is 2.61. The SMILES string of the molecule is N#CCNC(=O)CC12CC3CC(CC(C3)C1)C2. The van der Waals surface area contributed by atoms with Crippen LogP contribution in [0.1, 0.15) is 44.9 Å². The topological polar surface area (TPSA) is 52.9 Å². The first-order valence-corrected chi connectivity index (χ1v) is 6.83. The first kappa shape index (κ1) is 11.1. The van der Waals surface area contributed by atoms with Gasteiger partial charge in [0.2, 0.25) is 5.91 Å². The second-order valence-corrected chi connectivity index (χ2v) is 6.53. The van der Waals surface area contributed by atoms with Crippen LogP contribution in [0.2, 0.25) is 0 Å². The van der Waals surface area contributed by atoms with E-state index in [1.165, 1.54) is 38.5 Å². The Labute approximate surface area is 103 Å². The third-order valence-corrected chi connectivity index (χ3v) is 5.07. The van der Waals surface area contributed by atoms with E-state index in [0.29, 0.717) is 11.8 Å². The van der Waals surface area contributed by atoms with Crippen LogP contribution >= 0.6 is 0 Å². The molecule has 17 heavy (non-hydrogen) atoms. The van der Waals surface area contributed by atoms with Crippen LogP contribution in [0.15, 0.2) is 0 Å². The van der Waals surface area contributed by atoms with Crippen molar-refractivity contribution in [2.75, 3.05) is 6.54 Å². The molecule has 4 bridgehead atoms. The highest BCUT2D eigenvalue weighted by Gasteiger charge is 2.51. The molecule has 0 aromatic heterocycles. The van der Waals surface area contributed by atoms with Crippen LogP contribution in [0.4, 0.5) is 0 Å². The zero-order valence-electron chi connectivity index (χ0n) is 10.2. The molecule has 4 fully saturated rings. The molecule has 0 unspecified atom stereocenters. The summed E-state index contributed by atoms with van der Waals surface area (Å²) in [5, 5.41) is 11.2. The number of carbonyl (C=O) groups is 1. The fraction of sp³-hybridized carbons (Fsp3) is 0.857. The lowest BCUT2D eigenvalue weighted by Gasteiger charge is -2.56. The smallest absolute Gasteiger partial charge is 0.221 e. The molecule has 0 aromatic rings. The largest absolute Gasteiger partial charge is 0.343 e. The third-order valence-electron chi connectivity index (χ3n) is 5.07. The van der Waals surface area contributed by atoms with Gasteiger partial charge in [-0.15, -0.1) is 0 Å². The van der Waals surface area contributed by atoms with Crippen molar-refractivity contribution in [1.82, 2.24) is 5.32 Å². The summed E-state index contributed by atoms with van der Waals surface area (Å²) in [6.07, 6.45) is 8.70. The molecule has 4 saturated carbocycles. The second-order valence-electron chi connectivity index (χ2n) is 6.53. The number of nitriles is 1. The number of nitrogens with zero attached hydrogens (tertiary/aromatic N) is 1. The van der Waals surface area contributed by atoms with Crippen molar-refractivity contribution in [3.8, 4) is 6.07 Å². The highest BCUT2D eigenvalue weighted by atomic mass is 16.1. The number of rotatable bonds is 3. The number of carbonyl (C=O) groups excluding carboxylic acids is 1. The summed E-state index contributed by atoms with van der Waals surface area (Å²) in [5.74, 6) is 2.77. The Kier molecular flexibility index (Phi) is 2.61. The Morgan fingerprint density at radius 2 is 1.71 bits per heavy atom. The van der Waals surface area contributed by atoms with Gasteiger partial charge in [-0.2, -0.15) is 5.26 Å². The predicted octanol–water partition coefficient (Wildman–Crippen LogP) is 2.23. The van der Waals surface area contributed by atoms with Gasteiger partial charge < -0.3 is 5.32 Å². The fourth-order valence-electron chi connectivity index (χ4n) is 5.05. The molecular weight excluding hydrogens is 212 g/mol. The lowest BCUT2D eigenvalue weighted by molar-refractivity contribution is -0.129. The number of nitrogens with one attached hydrogen (secondary N) is 1. The van der Waals surface area contributed by atoms with Crippen molar-refractivity contribution in [2.24, 2.45) is 23.2 Å². The second kappa shape index (κ2) is 4.01. The van der Waals surface area contributed by atoms with E-state index in [-0.39, 0.29) is 12.5 Å². The molecule has 4 aliphatic rings. The summed E-state index contributed by atoms with van der Waals surface area (Å²) in [5.41, 5.74) is 0.300. The standard InChI is InChI=1S/C14H20N2O/c15-1-2-16-13(17)9-14-6-10-3-11(7-14)5-12(4-10)8-14/h10-12H,2-9H2,(H,16,17). The zero-order valence-corrected chi connectivity index (χ0v) is 10.2. The van der Waals surface area contributed by atoms with Crippen molar-refractivity contribution in [3.05, 3.63) is 0 Å². The summed E-state index contributed by atoms with van der Waals surface area (Å²) in [6.45, 7) is 0.158. The first-order valence-electron chi connectivity index (χ1n) is 6.83. The van der Waals surface area contributed by atoms with Gasteiger partial charge in [0.1, 0.15) is 6.54 Å². The van der Waals surface area contributed by atoms with Crippen LogP contribution in [0, 0.1) is 34.5 Å². The van der Waals surface area contributed by atoms with Crippen LogP contribution in [-0.2, 0) is 4.79 Å². The van der Waals surface area contributed by atoms with Gasteiger partial charge in [0, 0.05) is 6.42 Å². The van der Waals surface area contributed by atoms with Gasteiger partial charge in [-0.3, -0.25) is 4.79 Å². The Balaban J connectivity index is 1.66. The van der Waals surface area contributed by atoms with Crippen molar-refractivity contribution in [3.63, 3.8) is 0 Å². The molecular formula is C14H20N2O. The molecule has 0 spiro atoms. The fourth-order valence-corrected chi connectivity index (χ4v) is 5.05. The van der Waals surface area contributed by atoms with Crippen LogP contribution in [0.5, 0.6) is 0 Å². The Bertz CT molecular complexity index is 334. The Morgan fingerprint density at radius 3 is 2.18 bits per heavy atom. The zero-order chi connectivity index (χ0) is 11.9. The first-order chi connectivity index (χ1) is 8.19. The van der Waals surface area contributed by atoms with E-state index < -0.39 is 0 Å². The average Bonchev–Trinajstić information content (AvgIpc) is 2.23. The Morgan fingerprint density at radius 1 is 1.18 bits per heavy atom. The van der Waals surface area contributed by atoms with E-state index in [0.717, 1.165) is 17.8 Å². The minimum atomic E-state index is 0.0912. The van der Waals surface area contributed by atoms with E-state index in [2.05, 4.69) is 5.32 Å². The van der Waals surface area contributed by atoms with Gasteiger partial charge in [-0.05, 0) is 61.7 Å². The molecule has 3 heteroatoms. The molecule has 0 aromatic carbocycles. The summed E-state index contributed by atoms with van der Waals surface area (Å²) in [7, 11) is 0. The molecule has 3 nitrogen and oxygen atoms in total. The Hall–Kier alpha value is -1.04. The van der Waals surface area contributed by atoms with Gasteiger partial charge in [0.05, 0.1) is 6.07 Å². The van der Waals surface area contributed by atoms with Crippen molar-refractivity contribution < 1.29 is 4.79 Å². The maximum absolute atomic E-state index is 11.8. The number of hydrogen-bond donors (Lipinski definition) is 1. The molecule has 1 N–H and O–H groups in total. The van der Waals surface area contributed by atoms with Crippen LogP contribution < -0.4 is 5.32 Å². The van der Waals surface area contributed by atoms with Gasteiger partial charge in [-0.25, -0.2) is 0 Å². The molecule has 0 radical (unpaired) electrons. The van der Waals surface area contributed by atoms with Gasteiger partial charge in [-0.1, -0.05) is 0 Å². The summed E-state index contributed by atoms with van der Waals surface area (Å²) >= 11 is 0. The van der Waals surface area contributed by atoms with Crippen molar-refractivity contribution >= 4 is 5.91 Å². The van der Waals surface area contributed by atoms with E-state index in [1.54, 1.807) is 0 Å².